The highest BCUT2D eigenvalue weighted by Gasteiger charge is 2.27. The Morgan fingerprint density at radius 3 is 1.56 bits per heavy atom. The molecule has 0 aromatic carbocycles. The van der Waals surface area contributed by atoms with Crippen molar-refractivity contribution in [3.8, 4) is 0 Å². The minimum atomic E-state index is -4.67. The van der Waals surface area contributed by atoms with Crippen LogP contribution in [0.1, 0.15) is 168 Å². The lowest BCUT2D eigenvalue weighted by atomic mass is 10.0. The average molecular weight is 831 g/mol. The zero-order valence-electron chi connectivity index (χ0n) is 35.3. The van der Waals surface area contributed by atoms with Crippen molar-refractivity contribution in [3.63, 3.8) is 0 Å². The molecule has 5 N–H and O–H groups in total. The molecule has 0 aromatic rings. The Balaban J connectivity index is 4.52. The predicted octanol–water partition coefficient (Wildman–Crippen LogP) is 9.28. The fourth-order valence-corrected chi connectivity index (χ4v) is 6.53. The summed E-state index contributed by atoms with van der Waals surface area (Å²) in [5.74, 6) is -1.15. The Bertz CT molecular complexity index is 1120. The molecule has 0 saturated heterocycles. The maximum absolute atomic E-state index is 12.6. The number of hydrogen-bond donors (Lipinski definition) is 5. The van der Waals surface area contributed by atoms with Crippen molar-refractivity contribution in [1.29, 1.82) is 0 Å². The van der Waals surface area contributed by atoms with Gasteiger partial charge in [0.05, 0.1) is 32.0 Å². The molecular weight excluding hydrogens is 751 g/mol. The maximum Gasteiger partial charge on any atom is 0.472 e. The summed E-state index contributed by atoms with van der Waals surface area (Å²) < 4.78 is 32.5. The van der Waals surface area contributed by atoms with Crippen LogP contribution in [-0.4, -0.2) is 88.1 Å². The van der Waals surface area contributed by atoms with E-state index in [2.05, 4.69) is 18.4 Å². The number of carbonyl (C=O) groups is 2. The molecule has 0 aliphatic rings. The van der Waals surface area contributed by atoms with Crippen molar-refractivity contribution in [2.75, 3.05) is 26.4 Å². The molecule has 12 nitrogen and oxygen atoms in total. The molecule has 0 rings (SSSR count). The number of ether oxygens (including phenoxy) is 2. The molecule has 57 heavy (non-hydrogen) atoms. The fourth-order valence-electron chi connectivity index (χ4n) is 5.74. The lowest BCUT2D eigenvalue weighted by Gasteiger charge is -2.20. The van der Waals surface area contributed by atoms with Crippen LogP contribution in [0.4, 0.5) is 0 Å². The van der Waals surface area contributed by atoms with Crippen molar-refractivity contribution in [2.24, 2.45) is 0 Å². The summed E-state index contributed by atoms with van der Waals surface area (Å²) in [7, 11) is -4.67. The highest BCUT2D eigenvalue weighted by Crippen LogP contribution is 2.43. The van der Waals surface area contributed by atoms with E-state index in [0.717, 1.165) is 44.9 Å². The molecule has 0 aromatic heterocycles. The average Bonchev–Trinajstić information content (AvgIpc) is 3.18. The topological polar surface area (TPSA) is 189 Å². The molecule has 0 aliphatic heterocycles. The Morgan fingerprint density at radius 1 is 0.579 bits per heavy atom. The van der Waals surface area contributed by atoms with Crippen LogP contribution in [0.5, 0.6) is 0 Å². The minimum Gasteiger partial charge on any atom is -0.462 e. The molecule has 0 saturated carbocycles. The van der Waals surface area contributed by atoms with E-state index in [-0.39, 0.29) is 12.8 Å². The number of esters is 2. The van der Waals surface area contributed by atoms with Gasteiger partial charge in [0.25, 0.3) is 0 Å². The van der Waals surface area contributed by atoms with Crippen LogP contribution in [0.15, 0.2) is 48.6 Å². The number of rotatable bonds is 40. The number of allylic oxidation sites excluding steroid dienone is 6. The van der Waals surface area contributed by atoms with Gasteiger partial charge in [0, 0.05) is 12.8 Å². The molecule has 5 atom stereocenters. The van der Waals surface area contributed by atoms with Gasteiger partial charge >= 0.3 is 19.8 Å². The zero-order valence-corrected chi connectivity index (χ0v) is 36.2. The summed E-state index contributed by atoms with van der Waals surface area (Å²) in [5.41, 5.74) is 0. The van der Waals surface area contributed by atoms with Gasteiger partial charge in [0.15, 0.2) is 6.10 Å². The molecular formula is C44H79O12P. The molecule has 332 valence electrons. The smallest absolute Gasteiger partial charge is 0.462 e. The van der Waals surface area contributed by atoms with Crippen LogP contribution in [0.2, 0.25) is 0 Å². The van der Waals surface area contributed by atoms with Crippen LogP contribution >= 0.6 is 7.82 Å². The van der Waals surface area contributed by atoms with Crippen LogP contribution < -0.4 is 0 Å². The second-order valence-electron chi connectivity index (χ2n) is 14.8. The number of aliphatic hydroxyl groups is 4. The zero-order chi connectivity index (χ0) is 42.2. The first-order valence-electron chi connectivity index (χ1n) is 21.8. The first-order valence-corrected chi connectivity index (χ1v) is 23.3. The highest BCUT2D eigenvalue weighted by molar-refractivity contribution is 7.47. The number of phosphoric ester groups is 1. The van der Waals surface area contributed by atoms with Gasteiger partial charge in [-0.15, -0.1) is 0 Å². The molecule has 13 heteroatoms. The molecule has 0 fully saturated rings. The van der Waals surface area contributed by atoms with Gasteiger partial charge in [0.2, 0.25) is 0 Å². The van der Waals surface area contributed by atoms with E-state index in [1.807, 2.05) is 30.4 Å². The van der Waals surface area contributed by atoms with Gasteiger partial charge < -0.3 is 34.8 Å². The predicted molar refractivity (Wildman–Crippen MR) is 226 cm³/mol. The monoisotopic (exact) mass is 831 g/mol. The Morgan fingerprint density at radius 2 is 1.04 bits per heavy atom. The van der Waals surface area contributed by atoms with E-state index in [4.69, 9.17) is 19.1 Å². The van der Waals surface area contributed by atoms with E-state index in [1.54, 1.807) is 18.2 Å². The maximum atomic E-state index is 12.6. The lowest BCUT2D eigenvalue weighted by Crippen LogP contribution is -2.30. The van der Waals surface area contributed by atoms with Crippen molar-refractivity contribution in [1.82, 2.24) is 0 Å². The van der Waals surface area contributed by atoms with Crippen LogP contribution in [0.25, 0.3) is 0 Å². The SMILES string of the molecule is CCCCCCCCCCCCCCCCCC(=O)O[C@H](COC(=O)CCC[C@@H](O)/C=C/C=C\C/C=C\C=C\[C@@H](O)CCCCC)COP(=O)(O)OC[C@@H](O)CO. The lowest BCUT2D eigenvalue weighted by molar-refractivity contribution is -0.161. The Hall–Kier alpha value is -2.15. The molecule has 0 amide bonds. The highest BCUT2D eigenvalue weighted by atomic mass is 31.2. The fraction of sp³-hybridized carbons (Fsp3) is 0.773. The second kappa shape index (κ2) is 39.3. The summed E-state index contributed by atoms with van der Waals surface area (Å²) in [6.07, 6.45) is 34.3. The van der Waals surface area contributed by atoms with E-state index < -0.39 is 70.6 Å². The number of hydrogen-bond acceptors (Lipinski definition) is 11. The molecule has 0 aliphatic carbocycles. The van der Waals surface area contributed by atoms with Gasteiger partial charge in [-0.2, -0.15) is 0 Å². The van der Waals surface area contributed by atoms with Crippen molar-refractivity contribution >= 4 is 19.8 Å². The van der Waals surface area contributed by atoms with E-state index >= 15 is 0 Å². The van der Waals surface area contributed by atoms with Crippen molar-refractivity contribution in [3.05, 3.63) is 48.6 Å². The van der Waals surface area contributed by atoms with Gasteiger partial charge in [-0.1, -0.05) is 172 Å². The molecule has 1 unspecified atom stereocenters. The third kappa shape index (κ3) is 39.1. The summed E-state index contributed by atoms with van der Waals surface area (Å²) in [6, 6.07) is 0. The van der Waals surface area contributed by atoms with Crippen LogP contribution in [0.3, 0.4) is 0 Å². The Labute approximate surface area is 344 Å². The van der Waals surface area contributed by atoms with E-state index in [0.29, 0.717) is 25.7 Å². The third-order valence-electron chi connectivity index (χ3n) is 9.19. The first kappa shape index (κ1) is 54.9. The summed E-state index contributed by atoms with van der Waals surface area (Å²) in [6.45, 7) is 2.02. The largest absolute Gasteiger partial charge is 0.472 e. The number of aliphatic hydroxyl groups excluding tert-OH is 4. The summed E-state index contributed by atoms with van der Waals surface area (Å²) in [5, 5.41) is 38.4. The van der Waals surface area contributed by atoms with Crippen LogP contribution in [0, 0.1) is 0 Å². The molecule has 0 heterocycles. The van der Waals surface area contributed by atoms with Gasteiger partial charge in [-0.05, 0) is 32.1 Å². The number of phosphoric acid groups is 1. The number of carbonyl (C=O) groups excluding carboxylic acids is 2. The van der Waals surface area contributed by atoms with E-state index in [1.165, 1.54) is 70.6 Å². The summed E-state index contributed by atoms with van der Waals surface area (Å²) >= 11 is 0. The first-order chi connectivity index (χ1) is 27.5. The van der Waals surface area contributed by atoms with E-state index in [9.17, 15) is 34.4 Å². The molecule has 0 spiro atoms. The standard InChI is InChI=1S/C44H79O12P/c1-3-5-7-8-9-10-11-12-13-14-15-16-20-23-27-33-44(50)56-42(38-55-57(51,52)54-36-41(48)35-45)37-53-43(49)34-28-32-40(47)31-26-22-19-17-18-21-25-30-39(46)29-24-6-4-2/h18-19,21-22,25-26,30-31,39-42,45-48H,3-17,20,23-24,27-29,32-38H2,1-2H3,(H,51,52)/b21-18-,22-19-,30-25+,31-26+/t39-,40-,41-,42+/m0/s1. The normalized spacial score (nSPS) is 15.4. The van der Waals surface area contributed by atoms with Crippen molar-refractivity contribution < 1.29 is 58.0 Å². The van der Waals surface area contributed by atoms with Gasteiger partial charge in [-0.3, -0.25) is 18.6 Å². The van der Waals surface area contributed by atoms with Gasteiger partial charge in [0.1, 0.15) is 12.7 Å². The van der Waals surface area contributed by atoms with Crippen molar-refractivity contribution in [2.45, 2.75) is 192 Å². The number of unbranched alkanes of at least 4 members (excludes halogenated alkanes) is 16. The molecule has 0 radical (unpaired) electrons. The quantitative estimate of drug-likeness (QED) is 0.0171. The van der Waals surface area contributed by atoms with Crippen LogP contribution in [-0.2, 0) is 32.7 Å². The third-order valence-corrected chi connectivity index (χ3v) is 10.1. The Kier molecular flexibility index (Phi) is 37.8. The summed E-state index contributed by atoms with van der Waals surface area (Å²) in [4.78, 5) is 35.0. The van der Waals surface area contributed by atoms with Gasteiger partial charge in [-0.25, -0.2) is 4.57 Å². The molecule has 0 bridgehead atoms. The second-order valence-corrected chi connectivity index (χ2v) is 16.2. The minimum absolute atomic E-state index is 0.00630.